The van der Waals surface area contributed by atoms with Gasteiger partial charge in [0.1, 0.15) is 0 Å². The summed E-state index contributed by atoms with van der Waals surface area (Å²) in [5.74, 6) is 0. The normalized spacial score (nSPS) is 13.8. The topological polar surface area (TPSA) is 8.17 Å². The van der Waals surface area contributed by atoms with E-state index in [0.717, 1.165) is 43.9 Å². The summed E-state index contributed by atoms with van der Waals surface area (Å²) in [6.45, 7) is 9.26. The largest absolute Gasteiger partial charge is 0.310 e. The molecule has 0 amide bonds. The maximum Gasteiger partial charge on any atom is 0.0547 e. The first kappa shape index (κ1) is 42.5. The fourth-order valence-electron chi connectivity index (χ4n) is 11.7. The Kier molecular flexibility index (Phi) is 9.69. The van der Waals surface area contributed by atoms with Crippen LogP contribution in [0.5, 0.6) is 0 Å². The van der Waals surface area contributed by atoms with Crippen molar-refractivity contribution in [2.45, 2.75) is 38.5 Å². The molecule has 11 aromatic rings. The van der Waals surface area contributed by atoms with Crippen molar-refractivity contribution in [3.8, 4) is 61.3 Å². The molecule has 1 heterocycles. The molecule has 13 rings (SSSR count). The summed E-state index contributed by atoms with van der Waals surface area (Å²) < 4.78 is 2.43. The summed E-state index contributed by atoms with van der Waals surface area (Å²) in [7, 11) is 0. The maximum absolute atomic E-state index is 6.62. The molecule has 4 heteroatoms. The molecule has 0 spiro atoms. The predicted octanol–water partition coefficient (Wildman–Crippen LogP) is 19.2. The maximum atomic E-state index is 6.62. The first-order valence-corrected chi connectivity index (χ1v) is 24.9. The van der Waals surface area contributed by atoms with E-state index in [9.17, 15) is 0 Å². The molecule has 2 aliphatic carbocycles. The second kappa shape index (κ2) is 16.0. The van der Waals surface area contributed by atoms with Crippen molar-refractivity contribution in [3.05, 3.63) is 251 Å². The Morgan fingerprint density at radius 2 is 0.771 bits per heavy atom. The van der Waals surface area contributed by atoms with Gasteiger partial charge >= 0.3 is 0 Å². The van der Waals surface area contributed by atoms with Crippen molar-refractivity contribution in [2.24, 2.45) is 0 Å². The second-order valence-corrected chi connectivity index (χ2v) is 20.9. The van der Waals surface area contributed by atoms with Crippen molar-refractivity contribution in [2.75, 3.05) is 4.90 Å². The Bertz CT molecular complexity index is 3800. The third-order valence-corrected chi connectivity index (χ3v) is 15.8. The zero-order chi connectivity index (χ0) is 47.5. The number of anilines is 3. The lowest BCUT2D eigenvalue weighted by Crippen LogP contribution is -2.18. The van der Waals surface area contributed by atoms with Crippen LogP contribution in [-0.2, 0) is 10.8 Å². The van der Waals surface area contributed by atoms with Gasteiger partial charge in [0.05, 0.1) is 11.0 Å². The number of halogens is 2. The quantitative estimate of drug-likeness (QED) is 0.155. The molecule has 2 aliphatic rings. The zero-order valence-electron chi connectivity index (χ0n) is 39.4. The summed E-state index contributed by atoms with van der Waals surface area (Å²) in [5.41, 5.74) is 23.6. The number of nitrogens with zero attached hydrogens (tertiary/aromatic N) is 2. The van der Waals surface area contributed by atoms with Gasteiger partial charge in [-0.25, -0.2) is 0 Å². The fourth-order valence-corrected chi connectivity index (χ4v) is 12.0. The highest BCUT2D eigenvalue weighted by molar-refractivity contribution is 6.31. The Morgan fingerprint density at radius 3 is 1.40 bits per heavy atom. The molecule has 0 fully saturated rings. The molecule has 70 heavy (non-hydrogen) atoms. The van der Waals surface area contributed by atoms with Crippen LogP contribution in [0.3, 0.4) is 0 Å². The summed E-state index contributed by atoms with van der Waals surface area (Å²) in [6.07, 6.45) is 0. The van der Waals surface area contributed by atoms with E-state index >= 15 is 0 Å². The standard InChI is InChI=1S/C66H48Cl2N2/c1-65(2)59-37-47(67)23-30-53(59)55-32-27-51(39-61(55)65)69(52-28-33-56-54-31-24-48(68)38-60(54)66(3,4)62(56)40-52)49-25-20-42(21-26-49)46-22-29-58-57-18-8-9-19-63(57)70(64(58)36-46)50-17-11-16-45(35-50)44-15-10-14-43(34-44)41-12-6-5-7-13-41/h5-40H,1-4H3. The van der Waals surface area contributed by atoms with Gasteiger partial charge in [0.15, 0.2) is 0 Å². The van der Waals surface area contributed by atoms with Crippen LogP contribution in [-0.4, -0.2) is 4.57 Å². The van der Waals surface area contributed by atoms with E-state index < -0.39 is 0 Å². The molecule has 0 atom stereocenters. The van der Waals surface area contributed by atoms with Crippen LogP contribution < -0.4 is 4.90 Å². The average Bonchev–Trinajstić information content (AvgIpc) is 3.92. The Hall–Kier alpha value is -7.62. The highest BCUT2D eigenvalue weighted by atomic mass is 35.5. The van der Waals surface area contributed by atoms with Gasteiger partial charge in [0, 0.05) is 54.4 Å². The van der Waals surface area contributed by atoms with Gasteiger partial charge in [-0.15, -0.1) is 0 Å². The van der Waals surface area contributed by atoms with Crippen LogP contribution >= 0.6 is 23.2 Å². The van der Waals surface area contributed by atoms with Gasteiger partial charge in [-0.2, -0.15) is 0 Å². The SMILES string of the molecule is CC1(C)c2cc(Cl)ccc2-c2ccc(N(c3ccc(-c4ccc5c6ccccc6n(-c6cccc(-c7cccc(-c8ccccc8)c7)c6)c5c4)cc3)c3ccc4c(c3)C(C)(C)c3cc(Cl)ccc3-4)cc21. The zero-order valence-corrected chi connectivity index (χ0v) is 40.9. The number of aromatic nitrogens is 1. The van der Waals surface area contributed by atoms with Crippen LogP contribution in [0.1, 0.15) is 49.9 Å². The Labute approximate surface area is 419 Å². The van der Waals surface area contributed by atoms with E-state index in [-0.39, 0.29) is 10.8 Å². The number of hydrogen-bond acceptors (Lipinski definition) is 1. The Balaban J connectivity index is 0.915. The molecule has 0 N–H and O–H groups in total. The van der Waals surface area contributed by atoms with Crippen LogP contribution in [0.15, 0.2) is 218 Å². The smallest absolute Gasteiger partial charge is 0.0547 e. The summed E-state index contributed by atoms with van der Waals surface area (Å²) in [5, 5.41) is 3.99. The molecular weight excluding hydrogens is 892 g/mol. The molecule has 2 nitrogen and oxygen atoms in total. The second-order valence-electron chi connectivity index (χ2n) is 20.1. The van der Waals surface area contributed by atoms with E-state index in [1.54, 1.807) is 0 Å². The van der Waals surface area contributed by atoms with E-state index in [0.29, 0.717) is 0 Å². The van der Waals surface area contributed by atoms with E-state index in [1.807, 2.05) is 12.1 Å². The van der Waals surface area contributed by atoms with Gasteiger partial charge in [0.2, 0.25) is 0 Å². The van der Waals surface area contributed by atoms with Crippen LogP contribution in [0, 0.1) is 0 Å². The van der Waals surface area contributed by atoms with Gasteiger partial charge in [-0.3, -0.25) is 0 Å². The minimum atomic E-state index is -0.224. The first-order valence-electron chi connectivity index (χ1n) is 24.1. The number of hydrogen-bond donors (Lipinski definition) is 0. The first-order chi connectivity index (χ1) is 34.0. The van der Waals surface area contributed by atoms with Gasteiger partial charge in [-0.05, 0) is 169 Å². The minimum Gasteiger partial charge on any atom is -0.310 e. The molecule has 0 bridgehead atoms. The van der Waals surface area contributed by atoms with Gasteiger partial charge < -0.3 is 9.47 Å². The molecule has 1 aromatic heterocycles. The van der Waals surface area contributed by atoms with Crippen LogP contribution in [0.2, 0.25) is 10.0 Å². The molecule has 0 saturated heterocycles. The predicted molar refractivity (Wildman–Crippen MR) is 297 cm³/mol. The monoisotopic (exact) mass is 938 g/mol. The van der Waals surface area contributed by atoms with Crippen molar-refractivity contribution in [1.29, 1.82) is 0 Å². The summed E-state index contributed by atoms with van der Waals surface area (Å²) >= 11 is 13.2. The number of rotatable bonds is 7. The molecule has 0 unspecified atom stereocenters. The molecule has 0 aliphatic heterocycles. The molecular formula is C66H48Cl2N2. The van der Waals surface area contributed by atoms with Crippen molar-refractivity contribution >= 4 is 62.1 Å². The molecule has 336 valence electrons. The Morgan fingerprint density at radius 1 is 0.329 bits per heavy atom. The van der Waals surface area contributed by atoms with Crippen molar-refractivity contribution in [3.63, 3.8) is 0 Å². The summed E-state index contributed by atoms with van der Waals surface area (Å²) in [4.78, 5) is 2.42. The number of fused-ring (bicyclic) bond motifs is 9. The van der Waals surface area contributed by atoms with E-state index in [4.69, 9.17) is 23.2 Å². The van der Waals surface area contributed by atoms with Gasteiger partial charge in [0.25, 0.3) is 0 Å². The van der Waals surface area contributed by atoms with Gasteiger partial charge in [-0.1, -0.05) is 178 Å². The summed E-state index contributed by atoms with van der Waals surface area (Å²) in [6, 6.07) is 79.8. The molecule has 10 aromatic carbocycles. The van der Waals surface area contributed by atoms with E-state index in [2.05, 4.69) is 243 Å². The highest BCUT2D eigenvalue weighted by Crippen LogP contribution is 2.54. The lowest BCUT2D eigenvalue weighted by molar-refractivity contribution is 0.660. The van der Waals surface area contributed by atoms with Crippen molar-refractivity contribution in [1.82, 2.24) is 4.57 Å². The minimum absolute atomic E-state index is 0.224. The van der Waals surface area contributed by atoms with E-state index in [1.165, 1.54) is 88.6 Å². The lowest BCUT2D eigenvalue weighted by atomic mass is 9.82. The fraction of sp³-hybridized carbons (Fsp3) is 0.0909. The molecule has 0 saturated carbocycles. The lowest BCUT2D eigenvalue weighted by Gasteiger charge is -2.30. The van der Waals surface area contributed by atoms with Crippen molar-refractivity contribution < 1.29 is 0 Å². The third-order valence-electron chi connectivity index (χ3n) is 15.3. The number of benzene rings is 10. The third kappa shape index (κ3) is 6.69. The molecule has 0 radical (unpaired) electrons. The number of para-hydroxylation sites is 1. The highest BCUT2D eigenvalue weighted by Gasteiger charge is 2.38. The van der Waals surface area contributed by atoms with Crippen LogP contribution in [0.4, 0.5) is 17.1 Å². The van der Waals surface area contributed by atoms with Crippen LogP contribution in [0.25, 0.3) is 83.1 Å². The average molecular weight is 940 g/mol.